The third-order valence-corrected chi connectivity index (χ3v) is 8.34. The van der Waals surface area contributed by atoms with Crippen molar-refractivity contribution < 1.29 is 19.1 Å². The number of aryl methyl sites for hydroxylation is 1. The Morgan fingerprint density at radius 3 is 2.46 bits per heavy atom. The van der Waals surface area contributed by atoms with E-state index >= 15 is 0 Å². The van der Waals surface area contributed by atoms with Gasteiger partial charge in [0.05, 0.1) is 29.5 Å². The van der Waals surface area contributed by atoms with Gasteiger partial charge in [0.15, 0.2) is 0 Å². The van der Waals surface area contributed by atoms with Gasteiger partial charge in [-0.2, -0.15) is 0 Å². The topological polar surface area (TPSA) is 105 Å². The summed E-state index contributed by atoms with van der Waals surface area (Å²) in [4.78, 5) is 49.7. The number of hydrogen-bond donors (Lipinski definition) is 1. The highest BCUT2D eigenvalue weighted by atomic mass is 35.5. The van der Waals surface area contributed by atoms with Crippen LogP contribution in [0.5, 0.6) is 5.75 Å². The monoisotopic (exact) mass is 681 g/mol. The van der Waals surface area contributed by atoms with Crippen molar-refractivity contribution in [3.63, 3.8) is 0 Å². The fourth-order valence-electron chi connectivity index (χ4n) is 4.91. The normalized spacial score (nSPS) is 11.0. The first-order valence-electron chi connectivity index (χ1n) is 15.1. The number of likely N-dealkylation sites (N-methyl/N-ethyl adjacent to an activating group) is 1. The summed E-state index contributed by atoms with van der Waals surface area (Å²) < 4.78 is 6.09. The average Bonchev–Trinajstić information content (AvgIpc) is 3.09. The number of hydrogen-bond acceptors (Lipinski definition) is 6. The molecular weight excluding hydrogens is 649 g/mol. The molecule has 0 atom stereocenters. The van der Waals surface area contributed by atoms with Gasteiger partial charge in [0, 0.05) is 53.6 Å². The van der Waals surface area contributed by atoms with E-state index in [1.54, 1.807) is 60.6 Å². The van der Waals surface area contributed by atoms with Crippen LogP contribution in [-0.2, 0) is 27.5 Å². The summed E-state index contributed by atoms with van der Waals surface area (Å²) >= 11 is 13.2. The Balaban J connectivity index is 1.18. The van der Waals surface area contributed by atoms with Crippen LogP contribution < -0.4 is 19.9 Å². The molecule has 1 N–H and O–H groups in total. The van der Waals surface area contributed by atoms with Gasteiger partial charge in [0.2, 0.25) is 17.7 Å². The van der Waals surface area contributed by atoms with Crippen molar-refractivity contribution in [2.75, 3.05) is 23.4 Å². The first-order chi connectivity index (χ1) is 23.1. The van der Waals surface area contributed by atoms with Crippen molar-refractivity contribution in [3.05, 3.63) is 130 Å². The summed E-state index contributed by atoms with van der Waals surface area (Å²) in [6.45, 7) is 3.55. The highest BCUT2D eigenvalue weighted by Gasteiger charge is 2.19. The minimum absolute atomic E-state index is 0.0573. The molecule has 0 aliphatic rings. The van der Waals surface area contributed by atoms with Crippen molar-refractivity contribution in [2.45, 2.75) is 27.0 Å². The zero-order chi connectivity index (χ0) is 34.2. The number of fused-ring (bicyclic) bond motifs is 1. The lowest BCUT2D eigenvalue weighted by molar-refractivity contribution is -0.122. The Labute approximate surface area is 288 Å². The predicted molar refractivity (Wildman–Crippen MR) is 190 cm³/mol. The molecule has 5 rings (SSSR count). The molecule has 0 aliphatic carbocycles. The molecule has 2 aromatic heterocycles. The van der Waals surface area contributed by atoms with Gasteiger partial charge >= 0.3 is 0 Å². The molecule has 0 spiro atoms. The van der Waals surface area contributed by atoms with Gasteiger partial charge in [0.1, 0.15) is 17.9 Å². The van der Waals surface area contributed by atoms with Gasteiger partial charge in [0.25, 0.3) is 0 Å². The lowest BCUT2D eigenvalue weighted by Gasteiger charge is -2.21. The van der Waals surface area contributed by atoms with Crippen LogP contribution in [-0.4, -0.2) is 41.3 Å². The minimum atomic E-state index is -0.448. The maximum atomic E-state index is 13.0. The van der Waals surface area contributed by atoms with Crippen molar-refractivity contribution in [1.82, 2.24) is 15.3 Å². The van der Waals surface area contributed by atoms with Gasteiger partial charge in [-0.15, -0.1) is 0 Å². The second-order valence-corrected chi connectivity index (χ2v) is 11.7. The number of pyridine rings is 2. The molecule has 0 fully saturated rings. The lowest BCUT2D eigenvalue weighted by Crippen LogP contribution is -2.37. The molecule has 244 valence electrons. The fourth-order valence-corrected chi connectivity index (χ4v) is 5.52. The van der Waals surface area contributed by atoms with Crippen LogP contribution in [0.25, 0.3) is 17.0 Å². The van der Waals surface area contributed by atoms with Crippen molar-refractivity contribution in [2.24, 2.45) is 0 Å². The van der Waals surface area contributed by atoms with Gasteiger partial charge < -0.3 is 19.9 Å². The van der Waals surface area contributed by atoms with E-state index in [0.717, 1.165) is 27.9 Å². The Morgan fingerprint density at radius 1 is 0.938 bits per heavy atom. The van der Waals surface area contributed by atoms with E-state index in [9.17, 15) is 14.4 Å². The number of para-hydroxylation sites is 1. The Hall–Kier alpha value is -5.25. The van der Waals surface area contributed by atoms with Crippen molar-refractivity contribution in [3.8, 4) is 5.75 Å². The van der Waals surface area contributed by atoms with E-state index in [2.05, 4.69) is 15.3 Å². The Morgan fingerprint density at radius 2 is 1.73 bits per heavy atom. The third kappa shape index (κ3) is 8.36. The number of nitrogens with one attached hydrogen (secondary N) is 1. The highest BCUT2D eigenvalue weighted by Crippen LogP contribution is 2.35. The van der Waals surface area contributed by atoms with Gasteiger partial charge in [-0.3, -0.25) is 19.4 Å². The number of halogens is 2. The average molecular weight is 683 g/mol. The number of aromatic nitrogens is 2. The van der Waals surface area contributed by atoms with Crippen LogP contribution in [0.3, 0.4) is 0 Å². The largest absolute Gasteiger partial charge is 0.487 e. The van der Waals surface area contributed by atoms with Crippen LogP contribution in [0.15, 0.2) is 97.2 Å². The number of rotatable bonds is 11. The van der Waals surface area contributed by atoms with E-state index in [4.69, 9.17) is 27.9 Å². The number of anilines is 2. The number of benzene rings is 3. The molecule has 0 radical (unpaired) electrons. The Bertz CT molecular complexity index is 1980. The second-order valence-electron chi connectivity index (χ2n) is 10.9. The fraction of sp³-hybridized carbons (Fsp3) is 0.162. The number of amides is 3. The van der Waals surface area contributed by atoms with E-state index in [1.165, 1.54) is 17.9 Å². The molecule has 3 aromatic carbocycles. The van der Waals surface area contributed by atoms with E-state index in [-0.39, 0.29) is 30.0 Å². The van der Waals surface area contributed by atoms with Crippen LogP contribution in [0.4, 0.5) is 11.4 Å². The predicted octanol–water partition coefficient (Wildman–Crippen LogP) is 7.17. The van der Waals surface area contributed by atoms with Gasteiger partial charge in [-0.1, -0.05) is 59.6 Å². The standard InChI is InChI=1S/C37H33Cl2N5O4/c1-24-10-14-27-7-6-9-33(37(27)42-24)48-23-30-31(38)17-18-32(36(30)39)43(3)35(47)21-41-34(46)19-13-26-11-15-29(16-12-26)44(25(2)45)22-28-8-4-5-20-40-28/h4-20H,21-23H2,1-3H3,(H,41,46)/b19-13+. The summed E-state index contributed by atoms with van der Waals surface area (Å²) in [6.07, 6.45) is 4.65. The molecule has 48 heavy (non-hydrogen) atoms. The quantitative estimate of drug-likeness (QED) is 0.148. The van der Waals surface area contributed by atoms with Gasteiger partial charge in [-0.25, -0.2) is 4.98 Å². The van der Waals surface area contributed by atoms with Crippen molar-refractivity contribution >= 4 is 69.3 Å². The van der Waals surface area contributed by atoms with Crippen LogP contribution in [0.2, 0.25) is 10.0 Å². The minimum Gasteiger partial charge on any atom is -0.487 e. The molecule has 2 heterocycles. The van der Waals surface area contributed by atoms with Gasteiger partial charge in [-0.05, 0) is 67.1 Å². The number of nitrogens with zero attached hydrogens (tertiary/aromatic N) is 4. The van der Waals surface area contributed by atoms with E-state index < -0.39 is 5.91 Å². The Kier molecular flexibility index (Phi) is 11.1. The zero-order valence-corrected chi connectivity index (χ0v) is 28.1. The number of ether oxygens (including phenoxy) is 1. The first-order valence-corrected chi connectivity index (χ1v) is 15.8. The zero-order valence-electron chi connectivity index (χ0n) is 26.6. The lowest BCUT2D eigenvalue weighted by atomic mass is 10.1. The smallest absolute Gasteiger partial charge is 0.246 e. The van der Waals surface area contributed by atoms with Crippen LogP contribution in [0.1, 0.15) is 29.4 Å². The summed E-state index contributed by atoms with van der Waals surface area (Å²) in [7, 11) is 1.57. The number of carbonyl (C=O) groups is 3. The molecule has 0 bridgehead atoms. The van der Waals surface area contributed by atoms with Crippen LogP contribution >= 0.6 is 23.2 Å². The second kappa shape index (κ2) is 15.6. The number of carbonyl (C=O) groups excluding carboxylic acids is 3. The molecule has 9 nitrogen and oxygen atoms in total. The van der Waals surface area contributed by atoms with Crippen molar-refractivity contribution in [1.29, 1.82) is 0 Å². The SMILES string of the molecule is CC(=O)N(Cc1ccccn1)c1ccc(/C=C/C(=O)NCC(=O)N(C)c2ccc(Cl)c(COc3cccc4ccc(C)nc34)c2Cl)cc1. The molecule has 0 saturated carbocycles. The molecule has 0 unspecified atom stereocenters. The molecule has 3 amide bonds. The third-order valence-electron chi connectivity index (χ3n) is 7.57. The molecule has 0 aliphatic heterocycles. The molecule has 5 aromatic rings. The van der Waals surface area contributed by atoms with Crippen LogP contribution in [0, 0.1) is 6.92 Å². The maximum Gasteiger partial charge on any atom is 0.246 e. The summed E-state index contributed by atoms with van der Waals surface area (Å²) in [5, 5.41) is 4.21. The summed E-state index contributed by atoms with van der Waals surface area (Å²) in [5.41, 5.74) is 4.75. The van der Waals surface area contributed by atoms with E-state index in [1.807, 2.05) is 55.5 Å². The first kappa shape index (κ1) is 34.1. The molecule has 0 saturated heterocycles. The highest BCUT2D eigenvalue weighted by molar-refractivity contribution is 6.38. The maximum absolute atomic E-state index is 13.0. The van der Waals surface area contributed by atoms with E-state index in [0.29, 0.717) is 34.3 Å². The molecule has 11 heteroatoms. The summed E-state index contributed by atoms with van der Waals surface area (Å²) in [5.74, 6) is -0.362. The summed E-state index contributed by atoms with van der Waals surface area (Å²) in [6, 6.07) is 25.6. The molecular formula is C37H33Cl2N5O4.